The number of hydrogen-bond donors (Lipinski definition) is 3. The van der Waals surface area contributed by atoms with Crippen LogP contribution >= 0.6 is 7.82 Å². The second kappa shape index (κ2) is 57.4. The third-order valence-electron chi connectivity index (χ3n) is 15.1. The van der Waals surface area contributed by atoms with Crippen LogP contribution in [0.1, 0.15) is 328 Å². The van der Waals surface area contributed by atoms with Crippen molar-refractivity contribution in [2.24, 2.45) is 0 Å². The van der Waals surface area contributed by atoms with Gasteiger partial charge < -0.3 is 19.8 Å². The largest absolute Gasteiger partial charge is 0.472 e. The number of carbonyl (C=O) groups excluding carboxylic acids is 1. The Morgan fingerprint density at radius 3 is 1.11 bits per heavy atom. The predicted octanol–water partition coefficient (Wildman–Crippen LogP) is 20.5. The fourth-order valence-corrected chi connectivity index (χ4v) is 10.7. The lowest BCUT2D eigenvalue weighted by atomic mass is 10.0. The molecule has 9 heteroatoms. The Morgan fingerprint density at radius 1 is 0.453 bits per heavy atom. The van der Waals surface area contributed by atoms with Crippen molar-refractivity contribution in [1.29, 1.82) is 0 Å². The van der Waals surface area contributed by atoms with Crippen LogP contribution in [0.3, 0.4) is 0 Å². The average molecular weight is 1080 g/mol. The van der Waals surface area contributed by atoms with E-state index >= 15 is 0 Å². The third-order valence-corrected chi connectivity index (χ3v) is 16.1. The average Bonchev–Trinajstić information content (AvgIpc) is 3.37. The summed E-state index contributed by atoms with van der Waals surface area (Å²) in [5.41, 5.74) is 0. The van der Waals surface area contributed by atoms with Crippen molar-refractivity contribution in [3.05, 3.63) is 36.5 Å². The summed E-state index contributed by atoms with van der Waals surface area (Å²) in [6.07, 6.45) is 75.1. The molecule has 8 nitrogen and oxygen atoms in total. The Labute approximate surface area is 467 Å². The van der Waals surface area contributed by atoms with Gasteiger partial charge in [0, 0.05) is 6.42 Å². The number of likely N-dealkylation sites (N-methyl/N-ethyl adjacent to an activating group) is 1. The van der Waals surface area contributed by atoms with Crippen LogP contribution in [0.15, 0.2) is 36.5 Å². The van der Waals surface area contributed by atoms with Gasteiger partial charge in [0.2, 0.25) is 5.91 Å². The summed E-state index contributed by atoms with van der Waals surface area (Å²) in [7, 11) is 1.63. The summed E-state index contributed by atoms with van der Waals surface area (Å²) in [5, 5.41) is 14.1. The van der Waals surface area contributed by atoms with E-state index in [9.17, 15) is 19.4 Å². The normalized spacial score (nSPS) is 14.0. The van der Waals surface area contributed by atoms with Crippen LogP contribution in [0, 0.1) is 0 Å². The third kappa shape index (κ3) is 60.2. The quantitative estimate of drug-likeness (QED) is 0.0243. The maximum atomic E-state index is 13.1. The molecule has 3 N–H and O–H groups in total. The molecule has 0 saturated carbocycles. The van der Waals surface area contributed by atoms with E-state index in [1.54, 1.807) is 0 Å². The molecule has 75 heavy (non-hydrogen) atoms. The first kappa shape index (κ1) is 73.7. The minimum absolute atomic E-state index is 0.0751. The number of quaternary nitrogens is 1. The highest BCUT2D eigenvalue weighted by Crippen LogP contribution is 2.43. The first-order chi connectivity index (χ1) is 36.5. The Hall–Kier alpha value is -1.28. The highest BCUT2D eigenvalue weighted by atomic mass is 31.2. The lowest BCUT2D eigenvalue weighted by Crippen LogP contribution is -2.46. The molecule has 0 spiro atoms. The van der Waals surface area contributed by atoms with E-state index in [4.69, 9.17) is 9.05 Å². The topological polar surface area (TPSA) is 105 Å². The number of rotatable bonds is 61. The number of nitrogens with zero attached hydrogens (tertiary/aromatic N) is 1. The van der Waals surface area contributed by atoms with Gasteiger partial charge >= 0.3 is 7.82 Å². The molecule has 3 atom stereocenters. The fraction of sp³-hybridized carbons (Fsp3) is 0.894. The molecule has 0 aliphatic carbocycles. The number of nitrogens with one attached hydrogen (secondary N) is 1. The number of phosphoric acid groups is 1. The van der Waals surface area contributed by atoms with Crippen molar-refractivity contribution in [3.63, 3.8) is 0 Å². The van der Waals surface area contributed by atoms with E-state index < -0.39 is 20.0 Å². The zero-order valence-electron chi connectivity index (χ0n) is 50.8. The predicted molar refractivity (Wildman–Crippen MR) is 328 cm³/mol. The van der Waals surface area contributed by atoms with Gasteiger partial charge in [-0.05, 0) is 51.4 Å². The molecule has 0 radical (unpaired) electrons. The van der Waals surface area contributed by atoms with E-state index in [1.807, 2.05) is 21.1 Å². The number of amides is 1. The van der Waals surface area contributed by atoms with Crippen molar-refractivity contribution in [2.45, 2.75) is 341 Å². The van der Waals surface area contributed by atoms with Gasteiger partial charge in [0.15, 0.2) is 0 Å². The van der Waals surface area contributed by atoms with E-state index in [0.29, 0.717) is 23.9 Å². The molecule has 0 aromatic rings. The molecule has 0 heterocycles. The molecule has 0 fully saturated rings. The second-order valence-electron chi connectivity index (χ2n) is 23.9. The summed E-state index contributed by atoms with van der Waals surface area (Å²) in [4.78, 5) is 23.4. The maximum Gasteiger partial charge on any atom is 0.472 e. The van der Waals surface area contributed by atoms with E-state index in [-0.39, 0.29) is 19.1 Å². The summed E-state index contributed by atoms with van der Waals surface area (Å²) < 4.78 is 23.9. The lowest BCUT2D eigenvalue weighted by Gasteiger charge is -2.26. The van der Waals surface area contributed by atoms with Gasteiger partial charge in [0.1, 0.15) is 13.2 Å². The number of unbranched alkanes of at least 4 members (excludes halogenated alkanes) is 42. The van der Waals surface area contributed by atoms with Crippen LogP contribution in [0.2, 0.25) is 0 Å². The van der Waals surface area contributed by atoms with Crippen molar-refractivity contribution >= 4 is 13.7 Å². The highest BCUT2D eigenvalue weighted by molar-refractivity contribution is 7.47. The highest BCUT2D eigenvalue weighted by Gasteiger charge is 2.28. The SMILES string of the molecule is CCCCCCC/C=C\C/C=C\C/C=C\CCCCCCCCCCCCCCC(=O)NC(COP(=O)(O)OCC[N+](C)(C)C)C(O)CCCCCCCCCCCCCCCCCCCCCCCCCCCC. The van der Waals surface area contributed by atoms with E-state index in [2.05, 4.69) is 55.6 Å². The zero-order chi connectivity index (χ0) is 54.9. The standard InChI is InChI=1S/C66H129N2O6P/c1-6-8-10-12-14-16-18-20-22-24-26-28-30-32-34-36-38-40-42-44-46-48-50-52-54-56-58-60-66(70)67-64(63-74-75(71,72)73-62-61-68(3,4)5)65(69)59-57-55-53-51-49-47-45-43-41-39-37-35-33-31-29-27-25-23-21-19-17-15-13-11-9-7-2/h18,20,24,26,30,32,64-65,69H,6-17,19,21-23,25,27-29,31,33-63H2,1-5H3,(H-,67,70,71,72)/p+1/b20-18-,26-24-,32-30-. The number of hydrogen-bond acceptors (Lipinski definition) is 5. The molecule has 0 aliphatic rings. The van der Waals surface area contributed by atoms with Crippen LogP contribution in [0.5, 0.6) is 0 Å². The van der Waals surface area contributed by atoms with E-state index in [0.717, 1.165) is 51.4 Å². The number of allylic oxidation sites excluding steroid dienone is 6. The smallest absolute Gasteiger partial charge is 0.391 e. The van der Waals surface area contributed by atoms with Crippen molar-refractivity contribution in [3.8, 4) is 0 Å². The van der Waals surface area contributed by atoms with Crippen LogP contribution in [0.4, 0.5) is 0 Å². The maximum absolute atomic E-state index is 13.1. The monoisotopic (exact) mass is 1080 g/mol. The van der Waals surface area contributed by atoms with Gasteiger partial charge in [-0.1, -0.05) is 307 Å². The van der Waals surface area contributed by atoms with Gasteiger partial charge in [-0.2, -0.15) is 0 Å². The van der Waals surface area contributed by atoms with Gasteiger partial charge in [-0.3, -0.25) is 13.8 Å². The molecule has 1 amide bonds. The summed E-state index contributed by atoms with van der Waals surface area (Å²) >= 11 is 0. The minimum atomic E-state index is -4.33. The zero-order valence-corrected chi connectivity index (χ0v) is 51.7. The Morgan fingerprint density at radius 2 is 0.760 bits per heavy atom. The molecule has 0 saturated heterocycles. The number of carbonyl (C=O) groups is 1. The second-order valence-corrected chi connectivity index (χ2v) is 25.3. The van der Waals surface area contributed by atoms with Crippen LogP contribution in [0.25, 0.3) is 0 Å². The molecule has 0 aromatic heterocycles. The first-order valence-corrected chi connectivity index (χ1v) is 34.3. The van der Waals surface area contributed by atoms with Gasteiger partial charge in [-0.25, -0.2) is 4.57 Å². The van der Waals surface area contributed by atoms with Gasteiger partial charge in [0.05, 0.1) is 39.9 Å². The Kier molecular flexibility index (Phi) is 56.4. The van der Waals surface area contributed by atoms with Crippen LogP contribution in [-0.4, -0.2) is 73.4 Å². The number of aliphatic hydroxyl groups is 1. The van der Waals surface area contributed by atoms with Crippen molar-refractivity contribution < 1.29 is 32.9 Å². The van der Waals surface area contributed by atoms with Gasteiger partial charge in [0.25, 0.3) is 0 Å². The van der Waals surface area contributed by atoms with Crippen LogP contribution < -0.4 is 5.32 Å². The Balaban J connectivity index is 4.08. The molecular weight excluding hydrogens is 948 g/mol. The first-order valence-electron chi connectivity index (χ1n) is 32.9. The molecule has 0 bridgehead atoms. The summed E-state index contributed by atoms with van der Waals surface area (Å²) in [5.74, 6) is -0.142. The summed E-state index contributed by atoms with van der Waals surface area (Å²) in [6, 6.07) is -0.763. The van der Waals surface area contributed by atoms with Crippen molar-refractivity contribution in [2.75, 3.05) is 40.9 Å². The fourth-order valence-electron chi connectivity index (χ4n) is 10.00. The molecule has 0 aliphatic heterocycles. The molecule has 0 aromatic carbocycles. The molecule has 0 rings (SSSR count). The van der Waals surface area contributed by atoms with Crippen LogP contribution in [-0.2, 0) is 18.4 Å². The van der Waals surface area contributed by atoms with Gasteiger partial charge in [-0.15, -0.1) is 0 Å². The number of aliphatic hydroxyl groups excluding tert-OH is 1. The Bertz CT molecular complexity index is 1320. The molecule has 3 unspecified atom stereocenters. The molecular formula is C66H130N2O6P+. The minimum Gasteiger partial charge on any atom is -0.391 e. The number of phosphoric ester groups is 1. The summed E-state index contributed by atoms with van der Waals surface area (Å²) in [6.45, 7) is 4.92. The van der Waals surface area contributed by atoms with Crippen molar-refractivity contribution in [1.82, 2.24) is 5.32 Å². The molecule has 444 valence electrons. The van der Waals surface area contributed by atoms with E-state index in [1.165, 1.54) is 250 Å². The lowest BCUT2D eigenvalue weighted by molar-refractivity contribution is -0.870.